The number of hydrogen-bond donors (Lipinski definition) is 1. The highest BCUT2D eigenvalue weighted by Gasteiger charge is 2.25. The van der Waals surface area contributed by atoms with Gasteiger partial charge in [-0.2, -0.15) is 5.26 Å². The summed E-state index contributed by atoms with van der Waals surface area (Å²) in [7, 11) is 3.14. The van der Waals surface area contributed by atoms with E-state index in [2.05, 4.69) is 11.4 Å². The number of ether oxygens (including phenoxy) is 3. The zero-order valence-corrected chi connectivity index (χ0v) is 24.3. The fourth-order valence-electron chi connectivity index (χ4n) is 4.94. The van der Waals surface area contributed by atoms with Crippen LogP contribution in [-0.2, 0) is 14.3 Å². The Balaban J connectivity index is 1.36. The average molecular weight is 587 g/mol. The molecule has 1 heterocycles. The van der Waals surface area contributed by atoms with Gasteiger partial charge in [-0.25, -0.2) is 0 Å². The molecule has 0 aliphatic carbocycles. The normalized spacial score (nSPS) is 10.6. The first-order valence-electron chi connectivity index (χ1n) is 13.9. The summed E-state index contributed by atoms with van der Waals surface area (Å²) in [6.45, 7) is -0.545. The number of nitrogens with zero attached hydrogens (tertiary/aromatic N) is 1. The molecule has 0 saturated heterocycles. The molecule has 44 heavy (non-hydrogen) atoms. The van der Waals surface area contributed by atoms with E-state index in [1.807, 2.05) is 60.7 Å². The second-order valence-corrected chi connectivity index (χ2v) is 9.87. The van der Waals surface area contributed by atoms with Gasteiger partial charge >= 0.3 is 5.97 Å². The van der Waals surface area contributed by atoms with E-state index in [4.69, 9.17) is 18.6 Å². The second kappa shape index (κ2) is 13.9. The molecule has 0 spiro atoms. The quantitative estimate of drug-likeness (QED) is 0.163. The van der Waals surface area contributed by atoms with Gasteiger partial charge in [0.1, 0.15) is 28.9 Å². The highest BCUT2D eigenvalue weighted by Crippen LogP contribution is 2.42. The van der Waals surface area contributed by atoms with E-state index in [9.17, 15) is 14.9 Å². The molecule has 0 aliphatic rings. The van der Waals surface area contributed by atoms with Crippen molar-refractivity contribution in [2.24, 2.45) is 0 Å². The van der Waals surface area contributed by atoms with E-state index in [0.717, 1.165) is 11.1 Å². The molecule has 0 radical (unpaired) electrons. The minimum Gasteiger partial charge on any atom is -0.497 e. The summed E-state index contributed by atoms with van der Waals surface area (Å²) in [6.07, 6.45) is 0.0503. The summed E-state index contributed by atoms with van der Waals surface area (Å²) >= 11 is 0. The maximum atomic E-state index is 13.0. The van der Waals surface area contributed by atoms with Crippen molar-refractivity contribution in [3.05, 3.63) is 126 Å². The standard InChI is InChI=1S/C36H30N2O6/c1-41-28-17-13-26(14-18-28)34-31(22-37)36(44-35(34)27-15-19-29(42-2)20-16-27)38-32(39)23-43-33(40)21-30(24-9-5-3-6-10-24)25-11-7-4-8-12-25/h3-20,30H,21,23H2,1-2H3,(H,38,39). The van der Waals surface area contributed by atoms with Crippen LogP contribution in [0.15, 0.2) is 114 Å². The average Bonchev–Trinajstić information content (AvgIpc) is 3.44. The van der Waals surface area contributed by atoms with Crippen LogP contribution < -0.4 is 14.8 Å². The summed E-state index contributed by atoms with van der Waals surface area (Å²) < 4.78 is 22.0. The molecule has 5 rings (SSSR count). The monoisotopic (exact) mass is 586 g/mol. The van der Waals surface area contributed by atoms with E-state index in [0.29, 0.717) is 33.9 Å². The lowest BCUT2D eigenvalue weighted by atomic mass is 9.89. The molecule has 0 atom stereocenters. The molecular weight excluding hydrogens is 556 g/mol. The van der Waals surface area contributed by atoms with Crippen molar-refractivity contribution in [1.82, 2.24) is 0 Å². The molecule has 5 aromatic rings. The Labute approximate surface area is 255 Å². The third-order valence-corrected chi connectivity index (χ3v) is 7.14. The van der Waals surface area contributed by atoms with Crippen molar-refractivity contribution in [2.75, 3.05) is 26.1 Å². The molecular formula is C36H30N2O6. The zero-order valence-electron chi connectivity index (χ0n) is 24.3. The molecule has 0 saturated carbocycles. The molecule has 220 valence electrons. The van der Waals surface area contributed by atoms with Crippen molar-refractivity contribution in [3.8, 4) is 40.0 Å². The molecule has 0 unspecified atom stereocenters. The highest BCUT2D eigenvalue weighted by molar-refractivity contribution is 5.96. The Morgan fingerprint density at radius 3 is 1.80 bits per heavy atom. The Bertz CT molecular complexity index is 1720. The Morgan fingerprint density at radius 2 is 1.30 bits per heavy atom. The lowest BCUT2D eigenvalue weighted by Gasteiger charge is -2.17. The first kappa shape index (κ1) is 29.7. The van der Waals surface area contributed by atoms with E-state index < -0.39 is 18.5 Å². The van der Waals surface area contributed by atoms with Gasteiger partial charge in [0.25, 0.3) is 5.91 Å². The Morgan fingerprint density at radius 1 is 0.773 bits per heavy atom. The van der Waals surface area contributed by atoms with Gasteiger partial charge < -0.3 is 18.6 Å². The number of hydrogen-bond acceptors (Lipinski definition) is 7. The van der Waals surface area contributed by atoms with Crippen LogP contribution in [0.5, 0.6) is 11.5 Å². The third-order valence-electron chi connectivity index (χ3n) is 7.14. The van der Waals surface area contributed by atoms with Gasteiger partial charge in [-0.3, -0.25) is 14.9 Å². The van der Waals surface area contributed by atoms with Crippen LogP contribution in [0, 0.1) is 11.3 Å². The Hall–Kier alpha value is -5.81. The zero-order chi connectivity index (χ0) is 30.9. The summed E-state index contributed by atoms with van der Waals surface area (Å²) in [5.41, 5.74) is 3.93. The number of carbonyl (C=O) groups is 2. The number of nitriles is 1. The van der Waals surface area contributed by atoms with Crippen molar-refractivity contribution in [2.45, 2.75) is 12.3 Å². The molecule has 8 nitrogen and oxygen atoms in total. The smallest absolute Gasteiger partial charge is 0.307 e. The lowest BCUT2D eigenvalue weighted by molar-refractivity contribution is -0.147. The SMILES string of the molecule is COc1ccc(-c2oc(NC(=O)COC(=O)CC(c3ccccc3)c3ccccc3)c(C#N)c2-c2ccc(OC)cc2)cc1. The number of benzene rings is 4. The van der Waals surface area contributed by atoms with Gasteiger partial charge in [0, 0.05) is 17.0 Å². The number of methoxy groups -OCH3 is 2. The minimum atomic E-state index is -0.637. The van der Waals surface area contributed by atoms with Crippen molar-refractivity contribution in [1.29, 1.82) is 5.26 Å². The van der Waals surface area contributed by atoms with Crippen LogP contribution in [0.3, 0.4) is 0 Å². The fourth-order valence-corrected chi connectivity index (χ4v) is 4.94. The number of esters is 1. The maximum Gasteiger partial charge on any atom is 0.307 e. The van der Waals surface area contributed by atoms with Gasteiger partial charge in [0.05, 0.1) is 20.6 Å². The Kier molecular flexibility index (Phi) is 9.38. The van der Waals surface area contributed by atoms with Crippen molar-refractivity contribution >= 4 is 17.8 Å². The van der Waals surface area contributed by atoms with Crippen LogP contribution in [-0.4, -0.2) is 32.7 Å². The number of nitrogens with one attached hydrogen (secondary N) is 1. The van der Waals surface area contributed by atoms with E-state index in [-0.39, 0.29) is 23.8 Å². The second-order valence-electron chi connectivity index (χ2n) is 9.87. The third kappa shape index (κ3) is 6.80. The molecule has 0 bridgehead atoms. The van der Waals surface area contributed by atoms with Crippen molar-refractivity contribution in [3.63, 3.8) is 0 Å². The van der Waals surface area contributed by atoms with Crippen LogP contribution >= 0.6 is 0 Å². The number of amides is 1. The molecule has 1 amide bonds. The van der Waals surface area contributed by atoms with Crippen LogP contribution in [0.1, 0.15) is 29.0 Å². The predicted octanol–water partition coefficient (Wildman–Crippen LogP) is 7.21. The van der Waals surface area contributed by atoms with Gasteiger partial charge in [-0.1, -0.05) is 72.8 Å². The van der Waals surface area contributed by atoms with Gasteiger partial charge in [-0.15, -0.1) is 0 Å². The first-order valence-corrected chi connectivity index (χ1v) is 13.9. The number of rotatable bonds is 11. The molecule has 4 aromatic carbocycles. The summed E-state index contributed by atoms with van der Waals surface area (Å²) in [4.78, 5) is 25.9. The van der Waals surface area contributed by atoms with Gasteiger partial charge in [0.2, 0.25) is 5.88 Å². The number of carbonyl (C=O) groups excluding carboxylic acids is 2. The van der Waals surface area contributed by atoms with Crippen LogP contribution in [0.2, 0.25) is 0 Å². The highest BCUT2D eigenvalue weighted by atomic mass is 16.5. The topological polar surface area (TPSA) is 111 Å². The minimum absolute atomic E-state index is 0.0448. The number of anilines is 1. The lowest BCUT2D eigenvalue weighted by Crippen LogP contribution is -2.22. The van der Waals surface area contributed by atoms with Crippen molar-refractivity contribution < 1.29 is 28.2 Å². The first-order chi connectivity index (χ1) is 21.5. The van der Waals surface area contributed by atoms with Crippen LogP contribution in [0.4, 0.5) is 5.88 Å². The largest absolute Gasteiger partial charge is 0.497 e. The van der Waals surface area contributed by atoms with E-state index in [1.165, 1.54) is 0 Å². The molecule has 1 N–H and O–H groups in total. The summed E-state index contributed by atoms with van der Waals surface area (Å²) in [5, 5.41) is 12.8. The van der Waals surface area contributed by atoms with Gasteiger partial charge in [0.15, 0.2) is 6.61 Å². The van der Waals surface area contributed by atoms with E-state index in [1.54, 1.807) is 62.8 Å². The molecule has 1 aromatic heterocycles. The summed E-state index contributed by atoms with van der Waals surface area (Å²) in [6, 6.07) is 35.8. The van der Waals surface area contributed by atoms with E-state index >= 15 is 0 Å². The number of furan rings is 1. The molecule has 0 aliphatic heterocycles. The fraction of sp³-hybridized carbons (Fsp3) is 0.139. The predicted molar refractivity (Wildman–Crippen MR) is 166 cm³/mol. The molecule has 0 fully saturated rings. The molecule has 8 heteroatoms. The maximum absolute atomic E-state index is 13.0. The summed E-state index contributed by atoms with van der Waals surface area (Å²) in [5.74, 6) is 0.245. The van der Waals surface area contributed by atoms with Gasteiger partial charge in [-0.05, 0) is 53.1 Å². The van der Waals surface area contributed by atoms with Crippen LogP contribution in [0.25, 0.3) is 22.5 Å².